The minimum atomic E-state index is -0.153. The van der Waals surface area contributed by atoms with Crippen molar-refractivity contribution in [3.05, 3.63) is 10.6 Å². The smallest absolute Gasteiger partial charge is 0.264 e. The highest BCUT2D eigenvalue weighted by Gasteiger charge is 2.25. The van der Waals surface area contributed by atoms with E-state index in [2.05, 4.69) is 14.9 Å². The zero-order valence-electron chi connectivity index (χ0n) is 11.8. The van der Waals surface area contributed by atoms with Gasteiger partial charge in [0.05, 0.1) is 5.69 Å². The first kappa shape index (κ1) is 16.4. The molecule has 1 aromatic rings. The number of nitrogens with one attached hydrogen (secondary N) is 1. The number of amides is 1. The maximum Gasteiger partial charge on any atom is 0.264 e. The van der Waals surface area contributed by atoms with E-state index in [0.717, 1.165) is 31.4 Å². The molecule has 0 aliphatic heterocycles. The number of rotatable bonds is 7. The van der Waals surface area contributed by atoms with Crippen molar-refractivity contribution in [1.29, 1.82) is 0 Å². The van der Waals surface area contributed by atoms with Crippen molar-refractivity contribution in [3.8, 4) is 0 Å². The predicted octanol–water partition coefficient (Wildman–Crippen LogP) is 3.36. The Bertz CT molecular complexity index is 401. The first-order valence-electron chi connectivity index (χ1n) is 6.64. The Hall–Kier alpha value is -0.680. The first-order chi connectivity index (χ1) is 8.96. The van der Waals surface area contributed by atoms with Crippen LogP contribution in [-0.4, -0.2) is 27.9 Å². The van der Waals surface area contributed by atoms with Crippen molar-refractivity contribution >= 4 is 29.0 Å². The molecule has 1 amide bonds. The molecule has 1 heterocycles. The van der Waals surface area contributed by atoms with Gasteiger partial charge in [0, 0.05) is 17.8 Å². The quantitative estimate of drug-likeness (QED) is 0.620. The summed E-state index contributed by atoms with van der Waals surface area (Å²) in [7, 11) is 0. The van der Waals surface area contributed by atoms with Gasteiger partial charge in [0.2, 0.25) is 0 Å². The maximum atomic E-state index is 12.1. The standard InChI is InChI=1S/C13H22ClN3OS/c1-13(2,3)11-10(19-17-16-11)12(18)15-9-7-5-4-6-8-14/h4-9H2,1-3H3,(H,15,18). The molecular weight excluding hydrogens is 282 g/mol. The molecule has 0 bridgehead atoms. The van der Waals surface area contributed by atoms with Gasteiger partial charge < -0.3 is 5.32 Å². The van der Waals surface area contributed by atoms with Crippen LogP contribution in [0.4, 0.5) is 0 Å². The summed E-state index contributed by atoms with van der Waals surface area (Å²) in [6.07, 6.45) is 4.25. The minimum absolute atomic E-state index is 0.0581. The predicted molar refractivity (Wildman–Crippen MR) is 80.1 cm³/mol. The molecule has 0 aromatic carbocycles. The lowest BCUT2D eigenvalue weighted by Crippen LogP contribution is -2.27. The highest BCUT2D eigenvalue weighted by molar-refractivity contribution is 7.08. The SMILES string of the molecule is CC(C)(C)c1nnsc1C(=O)NCCCCCCCl. The average molecular weight is 304 g/mol. The monoisotopic (exact) mass is 303 g/mol. The summed E-state index contributed by atoms with van der Waals surface area (Å²) in [5.41, 5.74) is 0.622. The van der Waals surface area contributed by atoms with Gasteiger partial charge in [0.1, 0.15) is 4.88 Å². The lowest BCUT2D eigenvalue weighted by atomic mass is 9.91. The fraction of sp³-hybridized carbons (Fsp3) is 0.769. The van der Waals surface area contributed by atoms with Crippen LogP contribution in [0.25, 0.3) is 0 Å². The Balaban J connectivity index is 2.40. The van der Waals surface area contributed by atoms with Gasteiger partial charge in [-0.3, -0.25) is 4.79 Å². The molecule has 0 unspecified atom stereocenters. The maximum absolute atomic E-state index is 12.1. The van der Waals surface area contributed by atoms with Crippen LogP contribution in [0.2, 0.25) is 0 Å². The van der Waals surface area contributed by atoms with Crippen LogP contribution in [0.15, 0.2) is 0 Å². The Morgan fingerprint density at radius 1 is 1.26 bits per heavy atom. The van der Waals surface area contributed by atoms with Crippen molar-refractivity contribution in [2.75, 3.05) is 12.4 Å². The number of alkyl halides is 1. The summed E-state index contributed by atoms with van der Waals surface area (Å²) in [5.74, 6) is 0.658. The molecule has 1 rings (SSSR count). The highest BCUT2D eigenvalue weighted by Crippen LogP contribution is 2.25. The second-order valence-corrected chi connectivity index (χ2v) is 6.69. The summed E-state index contributed by atoms with van der Waals surface area (Å²) in [6.45, 7) is 6.80. The molecular formula is C13H22ClN3OS. The number of unbranched alkanes of at least 4 members (excludes halogenated alkanes) is 3. The molecule has 0 saturated heterocycles. The summed E-state index contributed by atoms with van der Waals surface area (Å²) in [6, 6.07) is 0. The third-order valence-electron chi connectivity index (χ3n) is 2.75. The van der Waals surface area contributed by atoms with Gasteiger partial charge in [0.25, 0.3) is 5.91 Å². The van der Waals surface area contributed by atoms with Crippen molar-refractivity contribution in [3.63, 3.8) is 0 Å². The van der Waals surface area contributed by atoms with E-state index < -0.39 is 0 Å². The number of carbonyl (C=O) groups is 1. The molecule has 0 aliphatic rings. The number of halogens is 1. The van der Waals surface area contributed by atoms with E-state index in [1.165, 1.54) is 11.5 Å². The Labute approximate surface area is 124 Å². The van der Waals surface area contributed by atoms with Crippen LogP contribution < -0.4 is 5.32 Å². The van der Waals surface area contributed by atoms with Gasteiger partial charge in [-0.05, 0) is 24.4 Å². The first-order valence-corrected chi connectivity index (χ1v) is 7.94. The normalized spacial score (nSPS) is 11.6. The molecule has 0 spiro atoms. The third-order valence-corrected chi connectivity index (χ3v) is 3.74. The Morgan fingerprint density at radius 2 is 1.95 bits per heavy atom. The molecule has 1 aromatic heterocycles. The zero-order valence-corrected chi connectivity index (χ0v) is 13.4. The van der Waals surface area contributed by atoms with Gasteiger partial charge in [-0.25, -0.2) is 0 Å². The fourth-order valence-electron chi connectivity index (χ4n) is 1.69. The van der Waals surface area contributed by atoms with E-state index in [9.17, 15) is 4.79 Å². The Kier molecular flexibility index (Phi) is 6.72. The summed E-state index contributed by atoms with van der Waals surface area (Å²) >= 11 is 6.78. The molecule has 0 fully saturated rings. The van der Waals surface area contributed by atoms with Crippen LogP contribution in [0, 0.1) is 0 Å². The van der Waals surface area contributed by atoms with Crippen LogP contribution in [0.3, 0.4) is 0 Å². The second kappa shape index (κ2) is 7.80. The van der Waals surface area contributed by atoms with Crippen LogP contribution >= 0.6 is 23.1 Å². The minimum Gasteiger partial charge on any atom is -0.351 e. The third kappa shape index (κ3) is 5.45. The van der Waals surface area contributed by atoms with Crippen molar-refractivity contribution in [2.45, 2.75) is 51.9 Å². The molecule has 4 nitrogen and oxygen atoms in total. The zero-order chi connectivity index (χ0) is 14.3. The molecule has 108 valence electrons. The summed E-state index contributed by atoms with van der Waals surface area (Å²) in [4.78, 5) is 12.7. The van der Waals surface area contributed by atoms with E-state index in [-0.39, 0.29) is 11.3 Å². The van der Waals surface area contributed by atoms with Crippen molar-refractivity contribution in [1.82, 2.24) is 14.9 Å². The average Bonchev–Trinajstić information content (AvgIpc) is 2.82. The van der Waals surface area contributed by atoms with E-state index >= 15 is 0 Å². The van der Waals surface area contributed by atoms with Crippen molar-refractivity contribution < 1.29 is 4.79 Å². The van der Waals surface area contributed by atoms with Gasteiger partial charge in [-0.1, -0.05) is 38.1 Å². The van der Waals surface area contributed by atoms with Crippen LogP contribution in [0.1, 0.15) is 61.8 Å². The molecule has 0 radical (unpaired) electrons. The fourth-order valence-corrected chi connectivity index (χ4v) is 2.67. The number of nitrogens with zero attached hydrogens (tertiary/aromatic N) is 2. The largest absolute Gasteiger partial charge is 0.351 e. The van der Waals surface area contributed by atoms with Gasteiger partial charge in [-0.2, -0.15) is 0 Å². The summed E-state index contributed by atoms with van der Waals surface area (Å²) in [5, 5.41) is 7.00. The number of hydrogen-bond acceptors (Lipinski definition) is 4. The highest BCUT2D eigenvalue weighted by atomic mass is 35.5. The van der Waals surface area contributed by atoms with E-state index in [1.807, 2.05) is 20.8 Å². The lowest BCUT2D eigenvalue weighted by Gasteiger charge is -2.16. The van der Waals surface area contributed by atoms with Crippen molar-refractivity contribution in [2.24, 2.45) is 0 Å². The van der Waals surface area contributed by atoms with E-state index in [4.69, 9.17) is 11.6 Å². The molecule has 0 saturated carbocycles. The molecule has 0 atom stereocenters. The second-order valence-electron chi connectivity index (χ2n) is 5.56. The van der Waals surface area contributed by atoms with Gasteiger partial charge in [0.15, 0.2) is 0 Å². The van der Waals surface area contributed by atoms with E-state index in [1.54, 1.807) is 0 Å². The van der Waals surface area contributed by atoms with E-state index in [0.29, 0.717) is 17.3 Å². The topological polar surface area (TPSA) is 54.9 Å². The molecule has 19 heavy (non-hydrogen) atoms. The molecule has 6 heteroatoms. The number of aromatic nitrogens is 2. The van der Waals surface area contributed by atoms with Gasteiger partial charge >= 0.3 is 0 Å². The lowest BCUT2D eigenvalue weighted by molar-refractivity contribution is 0.0954. The molecule has 0 aliphatic carbocycles. The molecule has 1 N–H and O–H groups in total. The number of hydrogen-bond donors (Lipinski definition) is 1. The Morgan fingerprint density at radius 3 is 2.58 bits per heavy atom. The van der Waals surface area contributed by atoms with Crippen LogP contribution in [0.5, 0.6) is 0 Å². The summed E-state index contributed by atoms with van der Waals surface area (Å²) < 4.78 is 3.89. The van der Waals surface area contributed by atoms with Gasteiger partial charge in [-0.15, -0.1) is 16.7 Å². The number of carbonyl (C=O) groups excluding carboxylic acids is 1. The van der Waals surface area contributed by atoms with Crippen LogP contribution in [-0.2, 0) is 5.41 Å².